The van der Waals surface area contributed by atoms with E-state index in [9.17, 15) is 4.39 Å². The van der Waals surface area contributed by atoms with Crippen LogP contribution >= 0.6 is 35.2 Å². The summed E-state index contributed by atoms with van der Waals surface area (Å²) in [7, 11) is 0. The van der Waals surface area contributed by atoms with Gasteiger partial charge >= 0.3 is 0 Å². The molecule has 0 amide bonds. The lowest BCUT2D eigenvalue weighted by molar-refractivity contribution is 0.278. The number of nitrogens with zero attached hydrogens (tertiary/aromatic N) is 3. The molecule has 0 aliphatic carbocycles. The van der Waals surface area contributed by atoms with Crippen LogP contribution < -0.4 is 5.32 Å². The second-order valence-corrected chi connectivity index (χ2v) is 7.37. The highest BCUT2D eigenvalue weighted by Crippen LogP contribution is 2.20. The van der Waals surface area contributed by atoms with Crippen molar-refractivity contribution in [2.24, 2.45) is 0 Å². The Balaban J connectivity index is 1.55. The SMILES string of the molecule is Fc1ccc(NC(=S)N2CCCN(Cc3nccs3)CC2)cc1Cl. The number of halogens is 2. The van der Waals surface area contributed by atoms with E-state index in [4.69, 9.17) is 23.8 Å². The Morgan fingerprint density at radius 3 is 2.96 bits per heavy atom. The van der Waals surface area contributed by atoms with Gasteiger partial charge in [0.2, 0.25) is 0 Å². The van der Waals surface area contributed by atoms with Crippen LogP contribution in [-0.2, 0) is 6.54 Å². The van der Waals surface area contributed by atoms with Crippen molar-refractivity contribution in [1.29, 1.82) is 0 Å². The first-order valence-corrected chi connectivity index (χ1v) is 9.40. The number of hydrogen-bond donors (Lipinski definition) is 1. The van der Waals surface area contributed by atoms with E-state index in [1.54, 1.807) is 23.5 Å². The van der Waals surface area contributed by atoms with E-state index in [1.807, 2.05) is 11.6 Å². The van der Waals surface area contributed by atoms with Crippen molar-refractivity contribution in [3.63, 3.8) is 0 Å². The van der Waals surface area contributed by atoms with Crippen molar-refractivity contribution < 1.29 is 4.39 Å². The minimum Gasteiger partial charge on any atom is -0.348 e. The molecule has 1 aliphatic heterocycles. The average molecular weight is 385 g/mol. The molecule has 0 atom stereocenters. The van der Waals surface area contributed by atoms with Crippen molar-refractivity contribution in [2.45, 2.75) is 13.0 Å². The topological polar surface area (TPSA) is 31.4 Å². The zero-order chi connectivity index (χ0) is 16.9. The second-order valence-electron chi connectivity index (χ2n) is 5.60. The quantitative estimate of drug-likeness (QED) is 0.812. The Bertz CT molecular complexity index is 695. The van der Waals surface area contributed by atoms with Crippen LogP contribution in [0.15, 0.2) is 29.8 Å². The highest BCUT2D eigenvalue weighted by molar-refractivity contribution is 7.80. The molecule has 2 heterocycles. The van der Waals surface area contributed by atoms with Crippen LogP contribution in [0.2, 0.25) is 5.02 Å². The van der Waals surface area contributed by atoms with Gasteiger partial charge in [-0.3, -0.25) is 4.90 Å². The standard InChI is InChI=1S/C16H18ClFN4S2/c17-13-10-12(2-3-14(13)18)20-16(23)22-6-1-5-21(7-8-22)11-15-19-4-9-24-15/h2-4,9-10H,1,5-8,11H2,(H,20,23). The van der Waals surface area contributed by atoms with Crippen molar-refractivity contribution in [3.05, 3.63) is 45.6 Å². The summed E-state index contributed by atoms with van der Waals surface area (Å²) < 4.78 is 13.2. The van der Waals surface area contributed by atoms with E-state index in [-0.39, 0.29) is 5.02 Å². The molecule has 1 aromatic heterocycles. The Hall–Kier alpha value is -1.28. The fraction of sp³-hybridized carbons (Fsp3) is 0.375. The summed E-state index contributed by atoms with van der Waals surface area (Å²) in [5.74, 6) is -0.430. The van der Waals surface area contributed by atoms with E-state index in [2.05, 4.69) is 20.1 Å². The average Bonchev–Trinajstić information content (AvgIpc) is 2.95. The van der Waals surface area contributed by atoms with Crippen LogP contribution in [0, 0.1) is 5.82 Å². The zero-order valence-electron chi connectivity index (χ0n) is 13.0. The fourth-order valence-corrected chi connectivity index (χ4v) is 3.77. The first-order chi connectivity index (χ1) is 11.6. The Kier molecular flexibility index (Phi) is 5.99. The molecular weight excluding hydrogens is 367 g/mol. The summed E-state index contributed by atoms with van der Waals surface area (Å²) >= 11 is 13.0. The summed E-state index contributed by atoms with van der Waals surface area (Å²) in [5.41, 5.74) is 0.704. The third-order valence-corrected chi connectivity index (χ3v) is 5.30. The van der Waals surface area contributed by atoms with Crippen molar-refractivity contribution in [3.8, 4) is 0 Å². The number of thiazole rings is 1. The van der Waals surface area contributed by atoms with Gasteiger partial charge in [0.1, 0.15) is 10.8 Å². The lowest BCUT2D eigenvalue weighted by Crippen LogP contribution is -2.37. The van der Waals surface area contributed by atoms with Gasteiger partial charge in [0.05, 0.1) is 11.6 Å². The largest absolute Gasteiger partial charge is 0.348 e. The molecule has 8 heteroatoms. The molecule has 3 rings (SSSR count). The Morgan fingerprint density at radius 2 is 2.21 bits per heavy atom. The molecule has 1 aromatic carbocycles. The molecule has 0 bridgehead atoms. The van der Waals surface area contributed by atoms with Gasteiger partial charge in [-0.25, -0.2) is 9.37 Å². The predicted octanol–water partition coefficient (Wildman–Crippen LogP) is 3.84. The van der Waals surface area contributed by atoms with E-state index in [1.165, 1.54) is 6.07 Å². The number of anilines is 1. The van der Waals surface area contributed by atoms with Gasteiger partial charge in [0, 0.05) is 43.4 Å². The first kappa shape index (κ1) is 17.5. The summed E-state index contributed by atoms with van der Waals surface area (Å²) in [6.45, 7) is 4.60. The highest BCUT2D eigenvalue weighted by atomic mass is 35.5. The van der Waals surface area contributed by atoms with Gasteiger partial charge in [0.15, 0.2) is 5.11 Å². The molecule has 0 radical (unpaired) electrons. The molecule has 4 nitrogen and oxygen atoms in total. The number of aromatic nitrogens is 1. The molecular formula is C16H18ClFN4S2. The van der Waals surface area contributed by atoms with Gasteiger partial charge in [0.25, 0.3) is 0 Å². The summed E-state index contributed by atoms with van der Waals surface area (Å²) in [6, 6.07) is 4.53. The van der Waals surface area contributed by atoms with Crippen molar-refractivity contribution in [1.82, 2.24) is 14.8 Å². The molecule has 1 aliphatic rings. The van der Waals surface area contributed by atoms with E-state index in [0.29, 0.717) is 10.8 Å². The van der Waals surface area contributed by atoms with E-state index < -0.39 is 5.82 Å². The summed E-state index contributed by atoms with van der Waals surface area (Å²) in [6.07, 6.45) is 2.88. The third-order valence-electron chi connectivity index (χ3n) is 3.89. The number of benzene rings is 1. The van der Waals surface area contributed by atoms with Gasteiger partial charge < -0.3 is 10.2 Å². The van der Waals surface area contributed by atoms with Crippen LogP contribution in [0.3, 0.4) is 0 Å². The van der Waals surface area contributed by atoms with Crippen LogP contribution in [-0.4, -0.2) is 46.1 Å². The smallest absolute Gasteiger partial charge is 0.173 e. The Morgan fingerprint density at radius 1 is 1.33 bits per heavy atom. The predicted molar refractivity (Wildman–Crippen MR) is 101 cm³/mol. The molecule has 24 heavy (non-hydrogen) atoms. The summed E-state index contributed by atoms with van der Waals surface area (Å²) in [5, 5.41) is 7.03. The molecule has 1 N–H and O–H groups in total. The van der Waals surface area contributed by atoms with Crippen molar-refractivity contribution >= 4 is 46.0 Å². The second kappa shape index (κ2) is 8.20. The maximum atomic E-state index is 13.2. The maximum absolute atomic E-state index is 13.2. The normalized spacial score (nSPS) is 16.0. The maximum Gasteiger partial charge on any atom is 0.173 e. The number of rotatable bonds is 3. The van der Waals surface area contributed by atoms with Crippen molar-refractivity contribution in [2.75, 3.05) is 31.5 Å². The van der Waals surface area contributed by atoms with Crippen LogP contribution in [0.4, 0.5) is 10.1 Å². The first-order valence-electron chi connectivity index (χ1n) is 7.73. The minimum atomic E-state index is -0.430. The summed E-state index contributed by atoms with van der Waals surface area (Å²) in [4.78, 5) is 8.89. The molecule has 2 aromatic rings. The van der Waals surface area contributed by atoms with Gasteiger partial charge in [-0.1, -0.05) is 11.6 Å². The van der Waals surface area contributed by atoms with Gasteiger partial charge in [-0.05, 0) is 36.8 Å². The molecule has 0 unspecified atom stereocenters. The molecule has 0 saturated carbocycles. The highest BCUT2D eigenvalue weighted by Gasteiger charge is 2.18. The Labute approximate surface area is 155 Å². The van der Waals surface area contributed by atoms with E-state index in [0.717, 1.165) is 44.2 Å². The zero-order valence-corrected chi connectivity index (χ0v) is 15.4. The molecule has 1 fully saturated rings. The van der Waals surface area contributed by atoms with Gasteiger partial charge in [-0.2, -0.15) is 0 Å². The number of thiocarbonyl (C=S) groups is 1. The molecule has 128 valence electrons. The molecule has 0 spiro atoms. The lowest BCUT2D eigenvalue weighted by atomic mass is 10.3. The lowest BCUT2D eigenvalue weighted by Gasteiger charge is -2.24. The fourth-order valence-electron chi connectivity index (χ4n) is 2.63. The van der Waals surface area contributed by atoms with Gasteiger partial charge in [-0.15, -0.1) is 11.3 Å². The van der Waals surface area contributed by atoms with Crippen LogP contribution in [0.25, 0.3) is 0 Å². The van der Waals surface area contributed by atoms with E-state index >= 15 is 0 Å². The van der Waals surface area contributed by atoms with Crippen LogP contribution in [0.5, 0.6) is 0 Å². The monoisotopic (exact) mass is 384 g/mol. The van der Waals surface area contributed by atoms with Crippen LogP contribution in [0.1, 0.15) is 11.4 Å². The third kappa shape index (κ3) is 4.63. The number of hydrogen-bond acceptors (Lipinski definition) is 4. The minimum absolute atomic E-state index is 0.0910. The molecule has 1 saturated heterocycles. The number of nitrogens with one attached hydrogen (secondary N) is 1.